The van der Waals surface area contributed by atoms with Crippen molar-refractivity contribution in [3.63, 3.8) is 0 Å². The Morgan fingerprint density at radius 2 is 2.14 bits per heavy atom. The van der Waals surface area contributed by atoms with Crippen molar-refractivity contribution >= 4 is 15.9 Å². The summed E-state index contributed by atoms with van der Waals surface area (Å²) in [5.41, 5.74) is 0. The van der Waals surface area contributed by atoms with Gasteiger partial charge < -0.3 is 9.47 Å². The Hall–Kier alpha value is 0.400. The summed E-state index contributed by atoms with van der Waals surface area (Å²) in [6.45, 7) is 5.03. The molecule has 4 atom stereocenters. The Morgan fingerprint density at radius 1 is 1.29 bits per heavy atom. The van der Waals surface area contributed by atoms with Crippen LogP contribution in [-0.2, 0) is 9.47 Å². The second-order valence-electron chi connectivity index (χ2n) is 4.53. The minimum Gasteiger partial charge on any atom is -0.381 e. The van der Waals surface area contributed by atoms with E-state index >= 15 is 0 Å². The third kappa shape index (κ3) is 2.50. The molecule has 0 aliphatic carbocycles. The zero-order chi connectivity index (χ0) is 9.97. The monoisotopic (exact) mass is 262 g/mol. The average molecular weight is 263 g/mol. The lowest BCUT2D eigenvalue weighted by Crippen LogP contribution is -2.19. The highest BCUT2D eigenvalue weighted by molar-refractivity contribution is 9.09. The third-order valence-electron chi connectivity index (χ3n) is 3.52. The molecular weight excluding hydrogens is 244 g/mol. The van der Waals surface area contributed by atoms with Crippen LogP contribution in [0.2, 0.25) is 0 Å². The molecular formula is C11H19BrO2. The molecule has 2 nitrogen and oxygen atoms in total. The van der Waals surface area contributed by atoms with Gasteiger partial charge in [-0.2, -0.15) is 0 Å². The predicted octanol–water partition coefficient (Wildman–Crippen LogP) is 2.60. The van der Waals surface area contributed by atoms with Gasteiger partial charge in [-0.25, -0.2) is 0 Å². The molecule has 2 aliphatic heterocycles. The minimum atomic E-state index is 0.432. The van der Waals surface area contributed by atoms with Crippen LogP contribution >= 0.6 is 15.9 Å². The summed E-state index contributed by atoms with van der Waals surface area (Å²) in [4.78, 5) is 0.569. The molecule has 0 aromatic rings. The fourth-order valence-electron chi connectivity index (χ4n) is 2.44. The zero-order valence-corrected chi connectivity index (χ0v) is 10.3. The lowest BCUT2D eigenvalue weighted by Gasteiger charge is -2.18. The van der Waals surface area contributed by atoms with Crippen molar-refractivity contribution in [3.8, 4) is 0 Å². The van der Waals surface area contributed by atoms with E-state index in [0.29, 0.717) is 16.8 Å². The molecule has 2 heterocycles. The largest absolute Gasteiger partial charge is 0.381 e. The van der Waals surface area contributed by atoms with Gasteiger partial charge in [0.15, 0.2) is 0 Å². The Labute approximate surface area is 94.5 Å². The molecule has 0 bridgehead atoms. The standard InChI is InChI=1S/C11H19BrO2/c1-8-10(11(12)7-14-8)3-2-9-4-5-13-6-9/h8-11H,2-7H2,1H3. The van der Waals surface area contributed by atoms with Crippen LogP contribution in [0, 0.1) is 11.8 Å². The van der Waals surface area contributed by atoms with E-state index in [4.69, 9.17) is 9.47 Å². The lowest BCUT2D eigenvalue weighted by atomic mass is 9.91. The highest BCUT2D eigenvalue weighted by atomic mass is 79.9. The predicted molar refractivity (Wildman–Crippen MR) is 59.8 cm³/mol. The van der Waals surface area contributed by atoms with E-state index < -0.39 is 0 Å². The molecule has 2 rings (SSSR count). The molecule has 2 aliphatic rings. The van der Waals surface area contributed by atoms with Crippen LogP contribution in [0.15, 0.2) is 0 Å². The molecule has 0 amide bonds. The second-order valence-corrected chi connectivity index (χ2v) is 5.70. The zero-order valence-electron chi connectivity index (χ0n) is 8.75. The van der Waals surface area contributed by atoms with Crippen LogP contribution in [0.4, 0.5) is 0 Å². The Kier molecular flexibility index (Phi) is 3.86. The van der Waals surface area contributed by atoms with Gasteiger partial charge in [0.2, 0.25) is 0 Å². The molecule has 2 fully saturated rings. The molecule has 82 valence electrons. The Bertz CT molecular complexity index is 170. The molecule has 4 unspecified atom stereocenters. The van der Waals surface area contributed by atoms with Gasteiger partial charge in [0.05, 0.1) is 12.7 Å². The maximum Gasteiger partial charge on any atom is 0.0598 e. The van der Waals surface area contributed by atoms with Crippen LogP contribution < -0.4 is 0 Å². The van der Waals surface area contributed by atoms with Gasteiger partial charge in [-0.15, -0.1) is 0 Å². The highest BCUT2D eigenvalue weighted by Crippen LogP contribution is 2.32. The van der Waals surface area contributed by atoms with Gasteiger partial charge in [0, 0.05) is 18.0 Å². The van der Waals surface area contributed by atoms with E-state index in [1.54, 1.807) is 0 Å². The number of rotatable bonds is 3. The molecule has 0 aromatic carbocycles. The van der Waals surface area contributed by atoms with Crippen LogP contribution in [0.3, 0.4) is 0 Å². The van der Waals surface area contributed by atoms with E-state index in [1.807, 2.05) is 0 Å². The molecule has 0 N–H and O–H groups in total. The number of hydrogen-bond acceptors (Lipinski definition) is 2. The first-order valence-electron chi connectivity index (χ1n) is 5.61. The van der Waals surface area contributed by atoms with Crippen LogP contribution in [0.5, 0.6) is 0 Å². The van der Waals surface area contributed by atoms with E-state index in [1.165, 1.54) is 19.3 Å². The average Bonchev–Trinajstić information content (AvgIpc) is 2.76. The van der Waals surface area contributed by atoms with Crippen LogP contribution in [0.1, 0.15) is 26.2 Å². The molecule has 14 heavy (non-hydrogen) atoms. The van der Waals surface area contributed by atoms with Crippen LogP contribution in [0.25, 0.3) is 0 Å². The summed E-state index contributed by atoms with van der Waals surface area (Å²) in [6, 6.07) is 0. The van der Waals surface area contributed by atoms with Gasteiger partial charge in [0.1, 0.15) is 0 Å². The fourth-order valence-corrected chi connectivity index (χ4v) is 3.29. The normalized spacial score (nSPS) is 43.3. The molecule has 3 heteroatoms. The van der Waals surface area contributed by atoms with E-state index in [0.717, 1.165) is 25.7 Å². The third-order valence-corrected chi connectivity index (χ3v) is 4.46. The van der Waals surface area contributed by atoms with Crippen molar-refractivity contribution in [1.29, 1.82) is 0 Å². The maximum absolute atomic E-state index is 5.61. The summed E-state index contributed by atoms with van der Waals surface area (Å²) in [7, 11) is 0. The first-order chi connectivity index (χ1) is 6.77. The van der Waals surface area contributed by atoms with E-state index in [9.17, 15) is 0 Å². The Balaban J connectivity index is 1.73. The summed E-state index contributed by atoms with van der Waals surface area (Å²) < 4.78 is 11.0. The second kappa shape index (κ2) is 4.95. The SMILES string of the molecule is CC1OCC(Br)C1CCC1CCOC1. The first-order valence-corrected chi connectivity index (χ1v) is 6.52. The first kappa shape index (κ1) is 10.9. The maximum atomic E-state index is 5.61. The van der Waals surface area contributed by atoms with Gasteiger partial charge in [-0.1, -0.05) is 15.9 Å². The quantitative estimate of drug-likeness (QED) is 0.729. The van der Waals surface area contributed by atoms with Crippen molar-refractivity contribution in [1.82, 2.24) is 0 Å². The number of ether oxygens (including phenoxy) is 2. The van der Waals surface area contributed by atoms with Gasteiger partial charge in [-0.05, 0) is 38.0 Å². The molecule has 0 saturated carbocycles. The minimum absolute atomic E-state index is 0.432. The summed E-state index contributed by atoms with van der Waals surface area (Å²) in [6.07, 6.45) is 4.28. The van der Waals surface area contributed by atoms with Gasteiger partial charge in [0.25, 0.3) is 0 Å². The Morgan fingerprint density at radius 3 is 2.71 bits per heavy atom. The van der Waals surface area contributed by atoms with Crippen molar-refractivity contribution in [2.45, 2.75) is 37.1 Å². The summed E-state index contributed by atoms with van der Waals surface area (Å²) >= 11 is 3.70. The molecule has 0 aromatic heterocycles. The molecule has 2 saturated heterocycles. The highest BCUT2D eigenvalue weighted by Gasteiger charge is 2.32. The van der Waals surface area contributed by atoms with Gasteiger partial charge in [-0.3, -0.25) is 0 Å². The van der Waals surface area contributed by atoms with E-state index in [2.05, 4.69) is 22.9 Å². The topological polar surface area (TPSA) is 18.5 Å². The fraction of sp³-hybridized carbons (Fsp3) is 1.00. The van der Waals surface area contributed by atoms with Gasteiger partial charge >= 0.3 is 0 Å². The van der Waals surface area contributed by atoms with Crippen molar-refractivity contribution in [3.05, 3.63) is 0 Å². The lowest BCUT2D eigenvalue weighted by molar-refractivity contribution is 0.101. The summed E-state index contributed by atoms with van der Waals surface area (Å²) in [5.74, 6) is 1.51. The summed E-state index contributed by atoms with van der Waals surface area (Å²) in [5, 5.41) is 0. The molecule has 0 spiro atoms. The molecule has 0 radical (unpaired) electrons. The van der Waals surface area contributed by atoms with Crippen molar-refractivity contribution in [2.75, 3.05) is 19.8 Å². The van der Waals surface area contributed by atoms with Crippen LogP contribution in [-0.4, -0.2) is 30.8 Å². The number of hydrogen-bond donors (Lipinski definition) is 0. The van der Waals surface area contributed by atoms with E-state index in [-0.39, 0.29) is 0 Å². The van der Waals surface area contributed by atoms with Crippen molar-refractivity contribution in [2.24, 2.45) is 11.8 Å². The number of alkyl halides is 1. The number of halogens is 1. The van der Waals surface area contributed by atoms with Crippen molar-refractivity contribution < 1.29 is 9.47 Å². The smallest absolute Gasteiger partial charge is 0.0598 e.